The lowest BCUT2D eigenvalue weighted by Crippen LogP contribution is -1.94. The van der Waals surface area contributed by atoms with Crippen LogP contribution in [0.4, 0.5) is 5.69 Å². The Morgan fingerprint density at radius 3 is 1.86 bits per heavy atom. The van der Waals surface area contributed by atoms with Crippen LogP contribution in [-0.2, 0) is 4.79 Å². The standard InChI is InChI=1S/C9H12O2.C7H8N2O.C7H8S.C3H8.2C2H6/c1-7-6-8(10-2)4-5-9(7)11-3;1-6-2-7(9-5-10)4-8-3-6;1-8-7-5-3-2-4-6-7;1-3-2;2*1-2/h4-6H,1-3H3;2-5H,1H3,(H,9,10);2-6H,1H3;3H2,1-2H3;2*1-2H3. The molecule has 0 saturated heterocycles. The predicted octanol–water partition coefficient (Wildman–Crippen LogP) is 8.85. The highest BCUT2D eigenvalue weighted by molar-refractivity contribution is 7.98. The molecule has 0 aliphatic heterocycles. The summed E-state index contributed by atoms with van der Waals surface area (Å²) in [4.78, 5) is 15.2. The van der Waals surface area contributed by atoms with E-state index in [0.717, 1.165) is 28.3 Å². The number of thioether (sulfide) groups is 1. The number of ether oxygens (including phenoxy) is 2. The quantitative estimate of drug-likeness (QED) is 0.271. The van der Waals surface area contributed by atoms with Crippen LogP contribution < -0.4 is 14.8 Å². The zero-order chi connectivity index (χ0) is 28.2. The Morgan fingerprint density at radius 2 is 1.47 bits per heavy atom. The molecule has 3 aromatic rings. The number of nitrogens with zero attached hydrogens (tertiary/aromatic N) is 1. The Kier molecular flexibility index (Phi) is 29.5. The van der Waals surface area contributed by atoms with Crippen molar-refractivity contribution < 1.29 is 14.3 Å². The highest BCUT2D eigenvalue weighted by Crippen LogP contribution is 2.22. The largest absolute Gasteiger partial charge is 0.497 e. The molecule has 1 aromatic heterocycles. The summed E-state index contributed by atoms with van der Waals surface area (Å²) in [5.41, 5.74) is 2.86. The molecular formula is C30H48N2O3S. The lowest BCUT2D eigenvalue weighted by Gasteiger charge is -2.05. The minimum atomic E-state index is 0.635. The van der Waals surface area contributed by atoms with Gasteiger partial charge in [0, 0.05) is 11.1 Å². The number of carbonyl (C=O) groups excluding carboxylic acids is 1. The van der Waals surface area contributed by atoms with Crippen LogP contribution in [0, 0.1) is 13.8 Å². The highest BCUT2D eigenvalue weighted by Gasteiger charge is 1.98. The Hall–Kier alpha value is -2.99. The molecule has 3 rings (SSSR count). The van der Waals surface area contributed by atoms with Gasteiger partial charge in [-0.15, -0.1) is 11.8 Å². The zero-order valence-corrected chi connectivity index (χ0v) is 25.0. The molecule has 6 heteroatoms. The fourth-order valence-corrected chi connectivity index (χ4v) is 2.67. The van der Waals surface area contributed by atoms with E-state index in [0.29, 0.717) is 6.41 Å². The van der Waals surface area contributed by atoms with Gasteiger partial charge < -0.3 is 14.8 Å². The smallest absolute Gasteiger partial charge is 0.211 e. The van der Waals surface area contributed by atoms with Crippen molar-refractivity contribution >= 4 is 23.9 Å². The highest BCUT2D eigenvalue weighted by atomic mass is 32.2. The Balaban J connectivity index is -0.000000406. The van der Waals surface area contributed by atoms with E-state index >= 15 is 0 Å². The fourth-order valence-electron chi connectivity index (χ4n) is 2.24. The van der Waals surface area contributed by atoms with Gasteiger partial charge in [0.2, 0.25) is 6.41 Å². The number of carbonyl (C=O) groups is 1. The van der Waals surface area contributed by atoms with Crippen molar-refractivity contribution in [3.05, 3.63) is 78.1 Å². The van der Waals surface area contributed by atoms with E-state index < -0.39 is 0 Å². The summed E-state index contributed by atoms with van der Waals surface area (Å²) in [6.07, 6.45) is 7.29. The van der Waals surface area contributed by atoms with E-state index in [4.69, 9.17) is 9.47 Å². The molecule has 0 radical (unpaired) electrons. The summed E-state index contributed by atoms with van der Waals surface area (Å²) < 4.78 is 10.1. The van der Waals surface area contributed by atoms with Gasteiger partial charge in [0.05, 0.1) is 26.1 Å². The van der Waals surface area contributed by atoms with Gasteiger partial charge in [-0.2, -0.15) is 0 Å². The Morgan fingerprint density at radius 1 is 0.889 bits per heavy atom. The van der Waals surface area contributed by atoms with Gasteiger partial charge >= 0.3 is 0 Å². The van der Waals surface area contributed by atoms with Crippen LogP contribution in [0.2, 0.25) is 0 Å². The lowest BCUT2D eigenvalue weighted by atomic mass is 10.2. The van der Waals surface area contributed by atoms with Crippen LogP contribution in [0.15, 0.2) is 71.9 Å². The van der Waals surface area contributed by atoms with Crippen molar-refractivity contribution in [3.8, 4) is 11.5 Å². The third-order valence-electron chi connectivity index (χ3n) is 3.68. The second-order valence-corrected chi connectivity index (χ2v) is 7.45. The molecule has 0 saturated carbocycles. The predicted molar refractivity (Wildman–Crippen MR) is 160 cm³/mol. The molecule has 2 aromatic carbocycles. The molecule has 0 atom stereocenters. The number of benzene rings is 2. The first-order valence-corrected chi connectivity index (χ1v) is 13.6. The van der Waals surface area contributed by atoms with Crippen LogP contribution in [0.5, 0.6) is 11.5 Å². The second kappa shape index (κ2) is 28.2. The molecule has 0 unspecified atom stereocenters. The molecule has 1 heterocycles. The van der Waals surface area contributed by atoms with E-state index in [-0.39, 0.29) is 0 Å². The first-order valence-electron chi connectivity index (χ1n) is 12.3. The first-order chi connectivity index (χ1) is 17.4. The average Bonchev–Trinajstić information content (AvgIpc) is 2.93. The van der Waals surface area contributed by atoms with Crippen molar-refractivity contribution in [2.45, 2.75) is 66.7 Å². The zero-order valence-electron chi connectivity index (χ0n) is 24.2. The second-order valence-electron chi connectivity index (χ2n) is 6.57. The van der Waals surface area contributed by atoms with Crippen molar-refractivity contribution in [1.82, 2.24) is 4.98 Å². The Labute approximate surface area is 225 Å². The molecule has 1 N–H and O–H groups in total. The van der Waals surface area contributed by atoms with Crippen molar-refractivity contribution in [3.63, 3.8) is 0 Å². The first kappa shape index (κ1) is 37.6. The maximum Gasteiger partial charge on any atom is 0.211 e. The van der Waals surface area contributed by atoms with Gasteiger partial charge in [-0.1, -0.05) is 66.2 Å². The van der Waals surface area contributed by atoms with Gasteiger partial charge in [-0.3, -0.25) is 9.78 Å². The third kappa shape index (κ3) is 20.4. The molecule has 0 fully saturated rings. The summed E-state index contributed by atoms with van der Waals surface area (Å²) in [6.45, 7) is 16.2. The van der Waals surface area contributed by atoms with Gasteiger partial charge in [-0.05, 0) is 67.6 Å². The van der Waals surface area contributed by atoms with Crippen LogP contribution in [-0.4, -0.2) is 31.9 Å². The number of methoxy groups -OCH3 is 2. The van der Waals surface area contributed by atoms with Crippen LogP contribution in [0.3, 0.4) is 0 Å². The monoisotopic (exact) mass is 516 g/mol. The normalized spacial score (nSPS) is 8.19. The fraction of sp³-hybridized carbons (Fsp3) is 0.400. The number of hydrogen-bond acceptors (Lipinski definition) is 5. The Bertz CT molecular complexity index is 875. The molecule has 0 bridgehead atoms. The number of aromatic nitrogens is 1. The molecule has 0 spiro atoms. The van der Waals surface area contributed by atoms with Crippen LogP contribution >= 0.6 is 11.8 Å². The number of anilines is 1. The van der Waals surface area contributed by atoms with E-state index in [1.807, 2.05) is 84.0 Å². The minimum Gasteiger partial charge on any atom is -0.497 e. The van der Waals surface area contributed by atoms with E-state index in [2.05, 4.69) is 42.5 Å². The molecular weight excluding hydrogens is 468 g/mol. The number of rotatable bonds is 5. The van der Waals surface area contributed by atoms with Crippen molar-refractivity contribution in [2.75, 3.05) is 25.8 Å². The van der Waals surface area contributed by atoms with Gasteiger partial charge in [0.15, 0.2) is 0 Å². The van der Waals surface area contributed by atoms with Gasteiger partial charge in [0.25, 0.3) is 0 Å². The van der Waals surface area contributed by atoms with E-state index in [1.165, 1.54) is 11.3 Å². The molecule has 5 nitrogen and oxygen atoms in total. The summed E-state index contributed by atoms with van der Waals surface area (Å²) in [5.74, 6) is 1.76. The summed E-state index contributed by atoms with van der Waals surface area (Å²) in [7, 11) is 3.32. The number of hydrogen-bond donors (Lipinski definition) is 1. The van der Waals surface area contributed by atoms with Gasteiger partial charge in [-0.25, -0.2) is 0 Å². The molecule has 0 aliphatic carbocycles. The molecule has 36 heavy (non-hydrogen) atoms. The SMILES string of the molecule is CC.CC.CCC.COc1ccc(OC)c(C)c1.CSc1ccccc1.Cc1cncc(NC=O)c1. The minimum absolute atomic E-state index is 0.635. The van der Waals surface area contributed by atoms with Crippen LogP contribution in [0.25, 0.3) is 0 Å². The number of pyridine rings is 1. The molecule has 1 amide bonds. The van der Waals surface area contributed by atoms with Crippen molar-refractivity contribution in [1.29, 1.82) is 0 Å². The maximum atomic E-state index is 9.95. The molecule has 0 aliphatic rings. The third-order valence-corrected chi connectivity index (χ3v) is 4.43. The topological polar surface area (TPSA) is 60.5 Å². The summed E-state index contributed by atoms with van der Waals surface area (Å²) >= 11 is 1.77. The summed E-state index contributed by atoms with van der Waals surface area (Å²) in [6, 6.07) is 17.9. The number of aryl methyl sites for hydroxylation is 2. The lowest BCUT2D eigenvalue weighted by molar-refractivity contribution is -0.105. The van der Waals surface area contributed by atoms with Crippen molar-refractivity contribution in [2.24, 2.45) is 0 Å². The van der Waals surface area contributed by atoms with E-state index in [1.54, 1.807) is 38.4 Å². The van der Waals surface area contributed by atoms with Gasteiger partial charge in [0.1, 0.15) is 11.5 Å². The average molecular weight is 517 g/mol. The van der Waals surface area contributed by atoms with E-state index in [9.17, 15) is 4.79 Å². The summed E-state index contributed by atoms with van der Waals surface area (Å²) in [5, 5.41) is 2.51. The maximum absolute atomic E-state index is 9.95. The number of amides is 1. The molecule has 202 valence electrons. The van der Waals surface area contributed by atoms with Crippen LogP contribution in [0.1, 0.15) is 59.1 Å². The number of nitrogens with one attached hydrogen (secondary N) is 1.